The Balaban J connectivity index is 1.81. The van der Waals surface area contributed by atoms with E-state index in [1.165, 1.54) is 39.3 Å². The number of Topliss-reactive ketones (excluding diaryl/α,β-unsaturated/α-hetero) is 1. The second-order valence-electron chi connectivity index (χ2n) is 4.39. The normalized spacial score (nSPS) is 17.6. The lowest BCUT2D eigenvalue weighted by Crippen LogP contribution is -2.31. The number of ketones is 1. The molecule has 4 nitrogen and oxygen atoms in total. The molecule has 2 rings (SSSR count). The average Bonchev–Trinajstić information content (AvgIpc) is 2.76. The number of nitrogens with zero attached hydrogens (tertiary/aromatic N) is 2. The first-order valence-electron chi connectivity index (χ1n) is 5.94. The molecule has 1 aliphatic heterocycles. The highest BCUT2D eigenvalue weighted by atomic mass is 16.5. The third-order valence-corrected chi connectivity index (χ3v) is 3.04. The zero-order valence-electron chi connectivity index (χ0n) is 9.74. The highest BCUT2D eigenvalue weighted by Gasteiger charge is 2.12. The van der Waals surface area contributed by atoms with Gasteiger partial charge < -0.3 is 9.42 Å². The van der Waals surface area contributed by atoms with Gasteiger partial charge in [-0.3, -0.25) is 4.79 Å². The summed E-state index contributed by atoms with van der Waals surface area (Å²) >= 11 is 0. The summed E-state index contributed by atoms with van der Waals surface area (Å²) in [4.78, 5) is 13.5. The third-order valence-electron chi connectivity index (χ3n) is 3.04. The van der Waals surface area contributed by atoms with Crippen molar-refractivity contribution in [3.05, 3.63) is 17.5 Å². The van der Waals surface area contributed by atoms with E-state index in [0.717, 1.165) is 18.7 Å². The van der Waals surface area contributed by atoms with Gasteiger partial charge in [-0.15, -0.1) is 0 Å². The predicted molar refractivity (Wildman–Crippen MR) is 60.5 cm³/mol. The number of hydrogen-bond donors (Lipinski definition) is 0. The van der Waals surface area contributed by atoms with Crippen LogP contribution in [0.25, 0.3) is 0 Å². The van der Waals surface area contributed by atoms with E-state index in [1.807, 2.05) is 0 Å². The van der Waals surface area contributed by atoms with Gasteiger partial charge >= 0.3 is 0 Å². The van der Waals surface area contributed by atoms with Crippen LogP contribution < -0.4 is 0 Å². The van der Waals surface area contributed by atoms with Crippen molar-refractivity contribution >= 4 is 5.78 Å². The third kappa shape index (κ3) is 2.92. The molecule has 88 valence electrons. The number of aromatic nitrogens is 1. The maximum Gasteiger partial charge on any atom is 0.181 e. The van der Waals surface area contributed by atoms with Crippen LogP contribution in [0.15, 0.2) is 10.6 Å². The fourth-order valence-corrected chi connectivity index (χ4v) is 2.05. The molecule has 0 N–H and O–H groups in total. The molecule has 0 aromatic carbocycles. The maximum atomic E-state index is 11.0. The van der Waals surface area contributed by atoms with Crippen LogP contribution in [-0.4, -0.2) is 35.5 Å². The molecule has 0 bridgehead atoms. The molecule has 0 amide bonds. The minimum Gasteiger partial charge on any atom is -0.361 e. The van der Waals surface area contributed by atoms with Crippen molar-refractivity contribution in [3.8, 4) is 0 Å². The Morgan fingerprint density at radius 1 is 1.44 bits per heavy atom. The van der Waals surface area contributed by atoms with Crippen LogP contribution in [0.5, 0.6) is 0 Å². The van der Waals surface area contributed by atoms with Crippen molar-refractivity contribution in [1.82, 2.24) is 10.1 Å². The standard InChI is InChI=1S/C12H18N2O2/c1-10(15)12-9-11(16-13-12)5-8-14-6-3-2-4-7-14/h9H,2-8H2,1H3. The lowest BCUT2D eigenvalue weighted by Gasteiger charge is -2.25. The molecule has 0 unspecified atom stereocenters. The summed E-state index contributed by atoms with van der Waals surface area (Å²) < 4.78 is 5.12. The molecule has 0 atom stereocenters. The Kier molecular flexibility index (Phi) is 3.72. The number of carbonyl (C=O) groups excluding carboxylic acids is 1. The SMILES string of the molecule is CC(=O)c1cc(CCN2CCCCC2)on1. The molecular formula is C12H18N2O2. The van der Waals surface area contributed by atoms with E-state index in [1.54, 1.807) is 6.07 Å². The van der Waals surface area contributed by atoms with Crippen molar-refractivity contribution in [2.45, 2.75) is 32.6 Å². The zero-order chi connectivity index (χ0) is 11.4. The van der Waals surface area contributed by atoms with Crippen LogP contribution in [0.4, 0.5) is 0 Å². The monoisotopic (exact) mass is 222 g/mol. The summed E-state index contributed by atoms with van der Waals surface area (Å²) in [5, 5.41) is 3.74. The summed E-state index contributed by atoms with van der Waals surface area (Å²) in [5.74, 6) is 0.781. The first kappa shape index (κ1) is 11.3. The summed E-state index contributed by atoms with van der Waals surface area (Å²) in [5.41, 5.74) is 0.439. The lowest BCUT2D eigenvalue weighted by atomic mass is 10.1. The van der Waals surface area contributed by atoms with Crippen molar-refractivity contribution in [2.75, 3.05) is 19.6 Å². The van der Waals surface area contributed by atoms with Gasteiger partial charge in [-0.2, -0.15) is 0 Å². The summed E-state index contributed by atoms with van der Waals surface area (Å²) in [6, 6.07) is 1.76. The number of piperidine rings is 1. The van der Waals surface area contributed by atoms with Gasteiger partial charge in [0.05, 0.1) is 0 Å². The van der Waals surface area contributed by atoms with Gasteiger partial charge in [0, 0.05) is 26.0 Å². The first-order chi connectivity index (χ1) is 7.75. The minimum atomic E-state index is -0.0343. The van der Waals surface area contributed by atoms with Crippen LogP contribution in [0, 0.1) is 0 Å². The number of hydrogen-bond acceptors (Lipinski definition) is 4. The quantitative estimate of drug-likeness (QED) is 0.730. The van der Waals surface area contributed by atoms with Crippen molar-refractivity contribution in [1.29, 1.82) is 0 Å². The van der Waals surface area contributed by atoms with Crippen LogP contribution >= 0.6 is 0 Å². The van der Waals surface area contributed by atoms with Gasteiger partial charge in [-0.05, 0) is 25.9 Å². The molecule has 16 heavy (non-hydrogen) atoms. The predicted octanol–water partition coefficient (Wildman–Crippen LogP) is 1.91. The maximum absolute atomic E-state index is 11.0. The molecule has 1 aromatic rings. The molecular weight excluding hydrogens is 204 g/mol. The van der Waals surface area contributed by atoms with Crippen LogP contribution in [0.2, 0.25) is 0 Å². The molecule has 1 fully saturated rings. The molecule has 1 aromatic heterocycles. The van der Waals surface area contributed by atoms with Crippen LogP contribution in [0.1, 0.15) is 42.4 Å². The van der Waals surface area contributed by atoms with E-state index >= 15 is 0 Å². The molecule has 2 heterocycles. The molecule has 0 saturated carbocycles. The van der Waals surface area contributed by atoms with Crippen LogP contribution in [0.3, 0.4) is 0 Å². The second-order valence-corrected chi connectivity index (χ2v) is 4.39. The van der Waals surface area contributed by atoms with Gasteiger partial charge in [-0.1, -0.05) is 11.6 Å². The highest BCUT2D eigenvalue weighted by Crippen LogP contribution is 2.11. The summed E-state index contributed by atoms with van der Waals surface area (Å²) in [6.07, 6.45) is 4.80. The summed E-state index contributed by atoms with van der Waals surface area (Å²) in [7, 11) is 0. The van der Waals surface area contributed by atoms with Gasteiger partial charge in [0.25, 0.3) is 0 Å². The van der Waals surface area contributed by atoms with E-state index in [-0.39, 0.29) is 5.78 Å². The Morgan fingerprint density at radius 3 is 2.81 bits per heavy atom. The first-order valence-corrected chi connectivity index (χ1v) is 5.94. The van der Waals surface area contributed by atoms with Crippen molar-refractivity contribution in [3.63, 3.8) is 0 Å². The topological polar surface area (TPSA) is 46.3 Å². The Bertz CT molecular complexity index is 354. The lowest BCUT2D eigenvalue weighted by molar-refractivity contribution is 0.100. The number of likely N-dealkylation sites (tertiary alicyclic amines) is 1. The Morgan fingerprint density at radius 2 is 2.19 bits per heavy atom. The van der Waals surface area contributed by atoms with E-state index < -0.39 is 0 Å². The van der Waals surface area contributed by atoms with Crippen molar-refractivity contribution < 1.29 is 9.32 Å². The van der Waals surface area contributed by atoms with Crippen LogP contribution in [-0.2, 0) is 6.42 Å². The fraction of sp³-hybridized carbons (Fsp3) is 0.667. The fourth-order valence-electron chi connectivity index (χ4n) is 2.05. The molecule has 0 aliphatic carbocycles. The number of carbonyl (C=O) groups is 1. The highest BCUT2D eigenvalue weighted by molar-refractivity contribution is 5.91. The molecule has 4 heteroatoms. The average molecular weight is 222 g/mol. The molecule has 1 aliphatic rings. The van der Waals surface area contributed by atoms with Gasteiger partial charge in [0.15, 0.2) is 5.78 Å². The zero-order valence-corrected chi connectivity index (χ0v) is 9.74. The van der Waals surface area contributed by atoms with Gasteiger partial charge in [0.2, 0.25) is 0 Å². The Labute approximate surface area is 95.6 Å². The molecule has 0 radical (unpaired) electrons. The number of rotatable bonds is 4. The smallest absolute Gasteiger partial charge is 0.181 e. The second kappa shape index (κ2) is 5.25. The largest absolute Gasteiger partial charge is 0.361 e. The van der Waals surface area contributed by atoms with Gasteiger partial charge in [0.1, 0.15) is 11.5 Å². The molecule has 1 saturated heterocycles. The minimum absolute atomic E-state index is 0.0343. The van der Waals surface area contributed by atoms with Crippen molar-refractivity contribution in [2.24, 2.45) is 0 Å². The Hall–Kier alpha value is -1.16. The molecule has 0 spiro atoms. The van der Waals surface area contributed by atoms with E-state index in [4.69, 9.17) is 4.52 Å². The van der Waals surface area contributed by atoms with E-state index in [9.17, 15) is 4.79 Å². The van der Waals surface area contributed by atoms with E-state index in [2.05, 4.69) is 10.1 Å². The van der Waals surface area contributed by atoms with E-state index in [0.29, 0.717) is 5.69 Å². The summed E-state index contributed by atoms with van der Waals surface area (Å²) in [6.45, 7) is 4.89. The van der Waals surface area contributed by atoms with Gasteiger partial charge in [-0.25, -0.2) is 0 Å².